The van der Waals surface area contributed by atoms with E-state index in [0.717, 1.165) is 30.7 Å². The molecule has 22 heavy (non-hydrogen) atoms. The van der Waals surface area contributed by atoms with E-state index in [-0.39, 0.29) is 0 Å². The minimum absolute atomic E-state index is 0.390. The Bertz CT molecular complexity index is 495. The van der Waals surface area contributed by atoms with E-state index in [2.05, 4.69) is 23.5 Å². The zero-order valence-electron chi connectivity index (χ0n) is 14.4. The third-order valence-corrected chi connectivity index (χ3v) is 6.54. The zero-order valence-corrected chi connectivity index (χ0v) is 14.4. The molecule has 122 valence electrons. The van der Waals surface area contributed by atoms with Crippen LogP contribution in [0, 0.1) is 17.8 Å². The van der Waals surface area contributed by atoms with E-state index in [0.29, 0.717) is 5.41 Å². The van der Waals surface area contributed by atoms with Gasteiger partial charge in [0, 0.05) is 18.4 Å². The van der Waals surface area contributed by atoms with Gasteiger partial charge in [0.25, 0.3) is 0 Å². The van der Waals surface area contributed by atoms with Crippen LogP contribution in [0.3, 0.4) is 0 Å². The molecule has 4 saturated carbocycles. The molecule has 0 atom stereocenters. The summed E-state index contributed by atoms with van der Waals surface area (Å²) in [6.45, 7) is 5.66. The van der Waals surface area contributed by atoms with Crippen LogP contribution < -0.4 is 0 Å². The van der Waals surface area contributed by atoms with Gasteiger partial charge in [0.2, 0.25) is 0 Å². The Hall–Kier alpha value is -0.860. The lowest BCUT2D eigenvalue weighted by molar-refractivity contribution is -0.0112. The summed E-state index contributed by atoms with van der Waals surface area (Å²) in [5.74, 6) is 5.58. The molecule has 0 unspecified atom stereocenters. The molecule has 0 spiro atoms. The van der Waals surface area contributed by atoms with E-state index in [9.17, 15) is 0 Å². The van der Waals surface area contributed by atoms with Crippen molar-refractivity contribution in [2.45, 2.75) is 90.0 Å². The van der Waals surface area contributed by atoms with Gasteiger partial charge in [0.15, 0.2) is 0 Å². The van der Waals surface area contributed by atoms with E-state index in [1.165, 1.54) is 69.4 Å². The standard InChI is InChI=1S/C19H31N3/c1-3-5-6-17-20-21-18(22(17)7-4-2)19-11-14-8-15(12-19)10-16(9-14)13-19/h14-16H,3-13H2,1-2H3. The fraction of sp³-hybridized carbons (Fsp3) is 0.895. The normalized spacial score (nSPS) is 36.2. The number of unbranched alkanes of at least 4 members (excludes halogenated alkanes) is 1. The molecule has 1 aromatic rings. The second-order valence-electron chi connectivity index (χ2n) is 8.39. The molecule has 0 radical (unpaired) electrons. The second-order valence-corrected chi connectivity index (χ2v) is 8.39. The molecule has 4 bridgehead atoms. The molecule has 4 fully saturated rings. The Morgan fingerprint density at radius 1 is 0.955 bits per heavy atom. The van der Waals surface area contributed by atoms with Gasteiger partial charge in [-0.05, 0) is 69.1 Å². The van der Waals surface area contributed by atoms with E-state index >= 15 is 0 Å². The SMILES string of the molecule is CCCCc1nnc(C23CC4CC(CC(C4)C2)C3)n1CCC. The van der Waals surface area contributed by atoms with Crippen molar-refractivity contribution in [2.24, 2.45) is 17.8 Å². The number of aryl methyl sites for hydroxylation is 1. The highest BCUT2D eigenvalue weighted by Gasteiger charge is 2.53. The van der Waals surface area contributed by atoms with Crippen molar-refractivity contribution in [3.63, 3.8) is 0 Å². The first-order valence-corrected chi connectivity index (χ1v) is 9.66. The lowest BCUT2D eigenvalue weighted by atomic mass is 9.49. The van der Waals surface area contributed by atoms with E-state index in [1.54, 1.807) is 0 Å². The van der Waals surface area contributed by atoms with E-state index < -0.39 is 0 Å². The van der Waals surface area contributed by atoms with Gasteiger partial charge in [-0.25, -0.2) is 0 Å². The lowest BCUT2D eigenvalue weighted by Crippen LogP contribution is -2.49. The number of rotatable bonds is 6. The van der Waals surface area contributed by atoms with Gasteiger partial charge in [0.1, 0.15) is 11.6 Å². The Morgan fingerprint density at radius 2 is 1.59 bits per heavy atom. The first kappa shape index (κ1) is 14.7. The largest absolute Gasteiger partial charge is 0.315 e. The average Bonchev–Trinajstić information content (AvgIpc) is 2.88. The Morgan fingerprint density at radius 3 is 2.14 bits per heavy atom. The average molecular weight is 301 g/mol. The molecule has 0 aliphatic heterocycles. The fourth-order valence-corrected chi connectivity index (χ4v) is 6.09. The quantitative estimate of drug-likeness (QED) is 0.774. The highest BCUT2D eigenvalue weighted by Crippen LogP contribution is 2.60. The van der Waals surface area contributed by atoms with Gasteiger partial charge in [-0.15, -0.1) is 10.2 Å². The van der Waals surface area contributed by atoms with E-state index in [1.807, 2.05) is 0 Å². The van der Waals surface area contributed by atoms with Crippen molar-refractivity contribution < 1.29 is 0 Å². The maximum Gasteiger partial charge on any atom is 0.139 e. The lowest BCUT2D eigenvalue weighted by Gasteiger charge is -2.56. The minimum atomic E-state index is 0.390. The highest BCUT2D eigenvalue weighted by molar-refractivity contribution is 5.19. The Kier molecular flexibility index (Phi) is 3.78. The highest BCUT2D eigenvalue weighted by atomic mass is 15.3. The van der Waals surface area contributed by atoms with Crippen LogP contribution in [0.1, 0.15) is 83.3 Å². The van der Waals surface area contributed by atoms with Gasteiger partial charge in [-0.2, -0.15) is 0 Å². The third-order valence-electron chi connectivity index (χ3n) is 6.54. The maximum atomic E-state index is 4.79. The van der Waals surface area contributed by atoms with Crippen molar-refractivity contribution in [1.29, 1.82) is 0 Å². The van der Waals surface area contributed by atoms with Gasteiger partial charge in [-0.1, -0.05) is 20.3 Å². The Labute approximate surface area is 134 Å². The molecule has 0 N–H and O–H groups in total. The smallest absolute Gasteiger partial charge is 0.139 e. The molecule has 0 aromatic carbocycles. The summed E-state index contributed by atoms with van der Waals surface area (Å²) in [4.78, 5) is 0. The van der Waals surface area contributed by atoms with Crippen LogP contribution in [-0.4, -0.2) is 14.8 Å². The molecule has 3 nitrogen and oxygen atoms in total. The second kappa shape index (κ2) is 5.65. The van der Waals surface area contributed by atoms with Crippen LogP contribution in [0.5, 0.6) is 0 Å². The van der Waals surface area contributed by atoms with Gasteiger partial charge in [-0.3, -0.25) is 0 Å². The van der Waals surface area contributed by atoms with Crippen LogP contribution in [0.15, 0.2) is 0 Å². The predicted molar refractivity (Wildman–Crippen MR) is 88.8 cm³/mol. The summed E-state index contributed by atoms with van der Waals surface area (Å²) in [5.41, 5.74) is 0.390. The number of hydrogen-bond donors (Lipinski definition) is 0. The number of aromatic nitrogens is 3. The summed E-state index contributed by atoms with van der Waals surface area (Å²) in [6.07, 6.45) is 13.5. The zero-order chi connectivity index (χ0) is 15.2. The molecular formula is C19H31N3. The van der Waals surface area contributed by atoms with Crippen molar-refractivity contribution in [1.82, 2.24) is 14.8 Å². The molecular weight excluding hydrogens is 270 g/mol. The first-order valence-electron chi connectivity index (χ1n) is 9.66. The van der Waals surface area contributed by atoms with Crippen LogP contribution in [-0.2, 0) is 18.4 Å². The molecule has 4 aliphatic rings. The monoisotopic (exact) mass is 301 g/mol. The molecule has 3 heteroatoms. The van der Waals surface area contributed by atoms with Crippen molar-refractivity contribution in [3.05, 3.63) is 11.6 Å². The molecule has 0 saturated heterocycles. The van der Waals surface area contributed by atoms with Gasteiger partial charge in [0.05, 0.1) is 0 Å². The summed E-state index contributed by atoms with van der Waals surface area (Å²) in [5, 5.41) is 9.43. The minimum Gasteiger partial charge on any atom is -0.315 e. The third kappa shape index (κ3) is 2.32. The Balaban J connectivity index is 1.68. The van der Waals surface area contributed by atoms with Crippen LogP contribution in [0.2, 0.25) is 0 Å². The first-order chi connectivity index (χ1) is 10.7. The summed E-state index contributed by atoms with van der Waals surface area (Å²) in [7, 11) is 0. The summed E-state index contributed by atoms with van der Waals surface area (Å²) < 4.78 is 2.53. The van der Waals surface area contributed by atoms with Crippen LogP contribution in [0.25, 0.3) is 0 Å². The van der Waals surface area contributed by atoms with Crippen molar-refractivity contribution >= 4 is 0 Å². The molecule has 0 amide bonds. The molecule has 1 aromatic heterocycles. The molecule has 1 heterocycles. The maximum absolute atomic E-state index is 4.79. The van der Waals surface area contributed by atoms with Gasteiger partial charge >= 0.3 is 0 Å². The summed E-state index contributed by atoms with van der Waals surface area (Å²) in [6, 6.07) is 0. The summed E-state index contributed by atoms with van der Waals surface area (Å²) >= 11 is 0. The number of hydrogen-bond acceptors (Lipinski definition) is 2. The number of nitrogens with zero attached hydrogens (tertiary/aromatic N) is 3. The van der Waals surface area contributed by atoms with Crippen molar-refractivity contribution in [2.75, 3.05) is 0 Å². The fourth-order valence-electron chi connectivity index (χ4n) is 6.09. The van der Waals surface area contributed by atoms with Crippen molar-refractivity contribution in [3.8, 4) is 0 Å². The van der Waals surface area contributed by atoms with E-state index in [4.69, 9.17) is 5.10 Å². The molecule has 4 aliphatic carbocycles. The topological polar surface area (TPSA) is 30.7 Å². The van der Waals surface area contributed by atoms with Crippen LogP contribution >= 0.6 is 0 Å². The predicted octanol–water partition coefficient (Wildman–Crippen LogP) is 4.50. The van der Waals surface area contributed by atoms with Gasteiger partial charge < -0.3 is 4.57 Å². The van der Waals surface area contributed by atoms with Crippen LogP contribution in [0.4, 0.5) is 0 Å². The molecule has 5 rings (SSSR count).